The first-order valence-corrected chi connectivity index (χ1v) is 4.29. The van der Waals surface area contributed by atoms with Crippen LogP contribution in [0.4, 0.5) is 0 Å². The van der Waals surface area contributed by atoms with Crippen molar-refractivity contribution in [3.05, 3.63) is 6.42 Å². The molecule has 1 rings (SSSR count). The van der Waals surface area contributed by atoms with Gasteiger partial charge in [-0.15, -0.1) is 0 Å². The Labute approximate surface area is 67.9 Å². The highest BCUT2D eigenvalue weighted by Crippen LogP contribution is 2.18. The second-order valence-electron chi connectivity index (χ2n) is 3.02. The molecule has 0 aromatic rings. The monoisotopic (exact) mass is 155 g/mol. The molecule has 1 radical (unpaired) electrons. The van der Waals surface area contributed by atoms with Gasteiger partial charge in [0, 0.05) is 13.3 Å². The largest absolute Gasteiger partial charge is 0.462 e. The van der Waals surface area contributed by atoms with Crippen LogP contribution in [0.5, 0.6) is 0 Å². The van der Waals surface area contributed by atoms with Gasteiger partial charge in [-0.25, -0.2) is 0 Å². The fourth-order valence-electron chi connectivity index (χ4n) is 1.41. The third-order valence-corrected chi connectivity index (χ3v) is 1.94. The van der Waals surface area contributed by atoms with Crippen molar-refractivity contribution in [2.45, 2.75) is 45.1 Å². The molecular formula is C9H15O2. The van der Waals surface area contributed by atoms with E-state index in [9.17, 15) is 4.79 Å². The van der Waals surface area contributed by atoms with Crippen molar-refractivity contribution in [1.29, 1.82) is 0 Å². The molecule has 1 unspecified atom stereocenters. The maximum atomic E-state index is 10.6. The molecule has 63 valence electrons. The Morgan fingerprint density at radius 3 is 3.00 bits per heavy atom. The summed E-state index contributed by atoms with van der Waals surface area (Å²) >= 11 is 0. The fraction of sp³-hybridized carbons (Fsp3) is 0.778. The molecule has 0 spiro atoms. The Morgan fingerprint density at radius 1 is 1.45 bits per heavy atom. The van der Waals surface area contributed by atoms with E-state index < -0.39 is 0 Å². The zero-order valence-corrected chi connectivity index (χ0v) is 7.01. The SMILES string of the molecule is CC(=O)OC1[CH]CCCCC1. The lowest BCUT2D eigenvalue weighted by molar-refractivity contribution is -0.145. The van der Waals surface area contributed by atoms with Crippen molar-refractivity contribution in [2.75, 3.05) is 0 Å². The highest BCUT2D eigenvalue weighted by Gasteiger charge is 2.14. The van der Waals surface area contributed by atoms with Gasteiger partial charge in [0.2, 0.25) is 0 Å². The van der Waals surface area contributed by atoms with Crippen LogP contribution in [-0.2, 0) is 9.53 Å². The van der Waals surface area contributed by atoms with E-state index in [0.29, 0.717) is 0 Å². The molecule has 1 fully saturated rings. The second kappa shape index (κ2) is 4.37. The summed E-state index contributed by atoms with van der Waals surface area (Å²) in [7, 11) is 0. The maximum Gasteiger partial charge on any atom is 0.302 e. The molecule has 1 saturated carbocycles. The number of carbonyl (C=O) groups is 1. The van der Waals surface area contributed by atoms with E-state index in [1.807, 2.05) is 0 Å². The van der Waals surface area contributed by atoms with Gasteiger partial charge in [-0.2, -0.15) is 0 Å². The molecule has 0 N–H and O–H groups in total. The smallest absolute Gasteiger partial charge is 0.302 e. The first-order chi connectivity index (χ1) is 5.29. The van der Waals surface area contributed by atoms with Gasteiger partial charge in [0.15, 0.2) is 0 Å². The van der Waals surface area contributed by atoms with Gasteiger partial charge in [0.1, 0.15) is 6.10 Å². The zero-order valence-electron chi connectivity index (χ0n) is 7.01. The summed E-state index contributed by atoms with van der Waals surface area (Å²) in [6.45, 7) is 1.47. The van der Waals surface area contributed by atoms with E-state index in [1.54, 1.807) is 0 Å². The fourth-order valence-corrected chi connectivity index (χ4v) is 1.41. The summed E-state index contributed by atoms with van der Waals surface area (Å²) in [5.41, 5.74) is 0. The molecule has 0 heterocycles. The Morgan fingerprint density at radius 2 is 2.27 bits per heavy atom. The Hall–Kier alpha value is -0.530. The third kappa shape index (κ3) is 3.40. The average molecular weight is 155 g/mol. The summed E-state index contributed by atoms with van der Waals surface area (Å²) in [5, 5.41) is 0. The molecule has 1 atom stereocenters. The van der Waals surface area contributed by atoms with Crippen LogP contribution in [0.1, 0.15) is 39.0 Å². The molecule has 0 amide bonds. The van der Waals surface area contributed by atoms with E-state index in [-0.39, 0.29) is 12.1 Å². The van der Waals surface area contributed by atoms with Gasteiger partial charge < -0.3 is 4.74 Å². The minimum atomic E-state index is -0.159. The summed E-state index contributed by atoms with van der Waals surface area (Å²) in [6.07, 6.45) is 8.03. The first-order valence-electron chi connectivity index (χ1n) is 4.29. The molecule has 0 aliphatic heterocycles. The van der Waals surface area contributed by atoms with Crippen LogP contribution in [-0.4, -0.2) is 12.1 Å². The predicted octanol–water partition coefficient (Wildman–Crippen LogP) is 2.09. The Balaban J connectivity index is 2.25. The topological polar surface area (TPSA) is 26.3 Å². The lowest BCUT2D eigenvalue weighted by atomic mass is 10.1. The van der Waals surface area contributed by atoms with Gasteiger partial charge in [-0.1, -0.05) is 12.8 Å². The number of esters is 1. The lowest BCUT2D eigenvalue weighted by Gasteiger charge is -2.12. The number of rotatable bonds is 1. The molecule has 1 aliphatic carbocycles. The van der Waals surface area contributed by atoms with Crippen molar-refractivity contribution in [1.82, 2.24) is 0 Å². The lowest BCUT2D eigenvalue weighted by Crippen LogP contribution is -2.15. The van der Waals surface area contributed by atoms with Crippen LogP contribution in [0.25, 0.3) is 0 Å². The first kappa shape index (κ1) is 8.57. The summed E-state index contributed by atoms with van der Waals surface area (Å²) < 4.78 is 5.08. The highest BCUT2D eigenvalue weighted by molar-refractivity contribution is 5.66. The summed E-state index contributed by atoms with van der Waals surface area (Å²) in [4.78, 5) is 10.6. The normalized spacial score (nSPS) is 20.8. The highest BCUT2D eigenvalue weighted by atomic mass is 16.5. The van der Waals surface area contributed by atoms with Crippen LogP contribution in [0.15, 0.2) is 0 Å². The number of hydrogen-bond donors (Lipinski definition) is 0. The number of hydrogen-bond acceptors (Lipinski definition) is 2. The molecule has 0 aromatic heterocycles. The van der Waals surface area contributed by atoms with E-state index in [0.717, 1.165) is 12.8 Å². The van der Waals surface area contributed by atoms with Crippen LogP contribution >= 0.6 is 0 Å². The van der Waals surface area contributed by atoms with E-state index >= 15 is 0 Å². The van der Waals surface area contributed by atoms with Crippen molar-refractivity contribution in [3.8, 4) is 0 Å². The Bertz CT molecular complexity index is 124. The zero-order chi connectivity index (χ0) is 8.10. The van der Waals surface area contributed by atoms with E-state index in [2.05, 4.69) is 6.42 Å². The number of ether oxygens (including phenoxy) is 1. The van der Waals surface area contributed by atoms with Gasteiger partial charge >= 0.3 is 5.97 Å². The van der Waals surface area contributed by atoms with Crippen molar-refractivity contribution in [3.63, 3.8) is 0 Å². The quantitative estimate of drug-likeness (QED) is 0.428. The van der Waals surface area contributed by atoms with Crippen LogP contribution < -0.4 is 0 Å². The summed E-state index contributed by atoms with van der Waals surface area (Å²) in [6, 6.07) is 0. The second-order valence-corrected chi connectivity index (χ2v) is 3.02. The van der Waals surface area contributed by atoms with Crippen molar-refractivity contribution >= 4 is 5.97 Å². The molecular weight excluding hydrogens is 140 g/mol. The maximum absolute atomic E-state index is 10.6. The van der Waals surface area contributed by atoms with E-state index in [1.165, 1.54) is 26.2 Å². The standard InChI is InChI=1S/C9H15O2/c1-8(10)11-9-6-4-2-3-5-7-9/h6,9H,2-5,7H2,1H3. The molecule has 11 heavy (non-hydrogen) atoms. The molecule has 0 saturated heterocycles. The molecule has 2 heteroatoms. The summed E-state index contributed by atoms with van der Waals surface area (Å²) in [5.74, 6) is -0.159. The molecule has 1 aliphatic rings. The van der Waals surface area contributed by atoms with E-state index in [4.69, 9.17) is 4.74 Å². The molecule has 0 bridgehead atoms. The van der Waals surface area contributed by atoms with Crippen molar-refractivity contribution in [2.24, 2.45) is 0 Å². The Kier molecular flexibility index (Phi) is 3.40. The van der Waals surface area contributed by atoms with Crippen molar-refractivity contribution < 1.29 is 9.53 Å². The van der Waals surface area contributed by atoms with Gasteiger partial charge in [0.05, 0.1) is 0 Å². The minimum Gasteiger partial charge on any atom is -0.462 e. The third-order valence-electron chi connectivity index (χ3n) is 1.94. The average Bonchev–Trinajstić information content (AvgIpc) is 2.14. The van der Waals surface area contributed by atoms with Crippen LogP contribution in [0, 0.1) is 6.42 Å². The molecule has 2 nitrogen and oxygen atoms in total. The van der Waals surface area contributed by atoms with Crippen LogP contribution in [0.3, 0.4) is 0 Å². The van der Waals surface area contributed by atoms with Gasteiger partial charge in [-0.05, 0) is 19.3 Å². The number of carbonyl (C=O) groups excluding carboxylic acids is 1. The molecule has 0 aromatic carbocycles. The predicted molar refractivity (Wildman–Crippen MR) is 42.9 cm³/mol. The van der Waals surface area contributed by atoms with Gasteiger partial charge in [-0.3, -0.25) is 4.79 Å². The minimum absolute atomic E-state index is 0.0926. The van der Waals surface area contributed by atoms with Gasteiger partial charge in [0.25, 0.3) is 0 Å². The van der Waals surface area contributed by atoms with Crippen LogP contribution in [0.2, 0.25) is 0 Å².